The third kappa shape index (κ3) is 1.67. The number of hydrogen-bond acceptors (Lipinski definition) is 3. The van der Waals surface area contributed by atoms with Crippen LogP contribution in [0, 0.1) is 0 Å². The number of aromatic amines is 1. The fourth-order valence-corrected chi connectivity index (χ4v) is 1.80. The van der Waals surface area contributed by atoms with Gasteiger partial charge in [0.25, 0.3) is 0 Å². The molecule has 2 N–H and O–H groups in total. The first-order valence-corrected chi connectivity index (χ1v) is 4.94. The van der Waals surface area contributed by atoms with E-state index in [2.05, 4.69) is 36.4 Å². The van der Waals surface area contributed by atoms with Crippen molar-refractivity contribution >= 4 is 15.9 Å². The molecule has 1 aliphatic rings. The molecule has 2 heterocycles. The fourth-order valence-electron chi connectivity index (χ4n) is 1.52. The first-order chi connectivity index (χ1) is 5.86. The van der Waals surface area contributed by atoms with Gasteiger partial charge in [-0.05, 0) is 35.3 Å². The maximum atomic E-state index is 4.24. The number of piperidine rings is 1. The summed E-state index contributed by atoms with van der Waals surface area (Å²) < 4.78 is 0.656. The molecule has 1 aliphatic heterocycles. The number of H-pyrrole nitrogens is 1. The molecule has 2 rings (SSSR count). The summed E-state index contributed by atoms with van der Waals surface area (Å²) in [6.45, 7) is 2.15. The van der Waals surface area contributed by atoms with Crippen LogP contribution in [0.2, 0.25) is 0 Å². The van der Waals surface area contributed by atoms with Crippen molar-refractivity contribution in [3.8, 4) is 0 Å². The van der Waals surface area contributed by atoms with Gasteiger partial charge in [0.05, 0.1) is 0 Å². The first kappa shape index (κ1) is 8.19. The molecule has 66 valence electrons. The number of rotatable bonds is 1. The van der Waals surface area contributed by atoms with Crippen molar-refractivity contribution in [3.05, 3.63) is 10.6 Å². The molecule has 5 heteroatoms. The molecule has 0 radical (unpaired) electrons. The molecule has 0 spiro atoms. The van der Waals surface area contributed by atoms with E-state index in [0.717, 1.165) is 18.9 Å². The summed E-state index contributed by atoms with van der Waals surface area (Å²) in [5.74, 6) is 1.51. The van der Waals surface area contributed by atoms with Crippen molar-refractivity contribution in [1.29, 1.82) is 0 Å². The Kier molecular flexibility index (Phi) is 2.41. The van der Waals surface area contributed by atoms with Crippen LogP contribution in [0.15, 0.2) is 4.73 Å². The summed E-state index contributed by atoms with van der Waals surface area (Å²) >= 11 is 3.22. The molecule has 1 fully saturated rings. The van der Waals surface area contributed by atoms with E-state index in [1.54, 1.807) is 0 Å². The summed E-state index contributed by atoms with van der Waals surface area (Å²) in [4.78, 5) is 4.24. The van der Waals surface area contributed by atoms with Crippen molar-refractivity contribution in [3.63, 3.8) is 0 Å². The Hall–Kier alpha value is -0.420. The molecule has 12 heavy (non-hydrogen) atoms. The lowest BCUT2D eigenvalue weighted by Crippen LogP contribution is -2.28. The van der Waals surface area contributed by atoms with Crippen LogP contribution in [-0.2, 0) is 0 Å². The molecule has 0 aliphatic carbocycles. The standard InChI is InChI=1S/C7H11BrN4/c8-7-10-6(11-12-7)5-2-1-3-9-4-5/h5,9H,1-4H2,(H,10,11,12). The minimum atomic E-state index is 0.512. The van der Waals surface area contributed by atoms with Gasteiger partial charge in [-0.25, -0.2) is 4.98 Å². The predicted molar refractivity (Wildman–Crippen MR) is 48.9 cm³/mol. The van der Waals surface area contributed by atoms with Crippen LogP contribution in [0.1, 0.15) is 24.6 Å². The van der Waals surface area contributed by atoms with Gasteiger partial charge in [0.2, 0.25) is 4.73 Å². The Bertz CT molecular complexity index is 254. The molecular weight excluding hydrogens is 220 g/mol. The Labute approximate surface area is 79.3 Å². The van der Waals surface area contributed by atoms with Crippen LogP contribution in [0.3, 0.4) is 0 Å². The Morgan fingerprint density at radius 2 is 2.42 bits per heavy atom. The summed E-state index contributed by atoms with van der Waals surface area (Å²) in [6.07, 6.45) is 2.43. The van der Waals surface area contributed by atoms with Crippen LogP contribution in [0.5, 0.6) is 0 Å². The third-order valence-electron chi connectivity index (χ3n) is 2.16. The van der Waals surface area contributed by atoms with Crippen LogP contribution < -0.4 is 5.32 Å². The van der Waals surface area contributed by atoms with Gasteiger partial charge in [0.15, 0.2) is 0 Å². The van der Waals surface area contributed by atoms with Crippen LogP contribution in [0.25, 0.3) is 0 Å². The number of nitrogens with one attached hydrogen (secondary N) is 2. The highest BCUT2D eigenvalue weighted by Gasteiger charge is 2.17. The minimum absolute atomic E-state index is 0.512. The van der Waals surface area contributed by atoms with E-state index in [1.807, 2.05) is 0 Å². The van der Waals surface area contributed by atoms with E-state index in [4.69, 9.17) is 0 Å². The second-order valence-corrected chi connectivity index (χ2v) is 3.74. The summed E-state index contributed by atoms with van der Waals surface area (Å²) in [5.41, 5.74) is 0. The highest BCUT2D eigenvalue weighted by molar-refractivity contribution is 9.10. The number of aromatic nitrogens is 3. The van der Waals surface area contributed by atoms with Crippen molar-refractivity contribution in [2.45, 2.75) is 18.8 Å². The predicted octanol–water partition coefficient (Wildman–Crippen LogP) is 1.03. The second-order valence-electron chi connectivity index (χ2n) is 3.03. The molecule has 1 saturated heterocycles. The number of halogens is 1. The Balaban J connectivity index is 2.08. The highest BCUT2D eigenvalue weighted by atomic mass is 79.9. The van der Waals surface area contributed by atoms with Gasteiger partial charge in [0, 0.05) is 12.5 Å². The van der Waals surface area contributed by atoms with Crippen molar-refractivity contribution in [2.24, 2.45) is 0 Å². The lowest BCUT2D eigenvalue weighted by atomic mass is 9.99. The highest BCUT2D eigenvalue weighted by Crippen LogP contribution is 2.20. The van der Waals surface area contributed by atoms with Crippen molar-refractivity contribution < 1.29 is 0 Å². The van der Waals surface area contributed by atoms with Gasteiger partial charge in [-0.15, -0.1) is 5.10 Å². The van der Waals surface area contributed by atoms with Gasteiger partial charge in [-0.3, -0.25) is 5.10 Å². The van der Waals surface area contributed by atoms with Gasteiger partial charge in [-0.1, -0.05) is 0 Å². The summed E-state index contributed by atoms with van der Waals surface area (Å²) in [7, 11) is 0. The lowest BCUT2D eigenvalue weighted by Gasteiger charge is -2.19. The van der Waals surface area contributed by atoms with Crippen molar-refractivity contribution in [2.75, 3.05) is 13.1 Å². The molecule has 1 aromatic rings. The first-order valence-electron chi connectivity index (χ1n) is 4.15. The van der Waals surface area contributed by atoms with E-state index < -0.39 is 0 Å². The average molecular weight is 231 g/mol. The molecule has 0 saturated carbocycles. The molecule has 0 bridgehead atoms. The average Bonchev–Trinajstić information content (AvgIpc) is 2.54. The lowest BCUT2D eigenvalue weighted by molar-refractivity contribution is 0.447. The quantitative estimate of drug-likeness (QED) is 0.759. The van der Waals surface area contributed by atoms with Gasteiger partial charge >= 0.3 is 0 Å². The largest absolute Gasteiger partial charge is 0.316 e. The molecule has 4 nitrogen and oxygen atoms in total. The maximum absolute atomic E-state index is 4.24. The second kappa shape index (κ2) is 3.53. The monoisotopic (exact) mass is 230 g/mol. The number of nitrogens with zero attached hydrogens (tertiary/aromatic N) is 2. The van der Waals surface area contributed by atoms with Crippen molar-refractivity contribution in [1.82, 2.24) is 20.5 Å². The summed E-state index contributed by atoms with van der Waals surface area (Å²) in [5, 5.41) is 10.2. The zero-order valence-electron chi connectivity index (χ0n) is 6.68. The topological polar surface area (TPSA) is 53.6 Å². The SMILES string of the molecule is Brc1n[nH]c(C2CCCNC2)n1. The third-order valence-corrected chi connectivity index (χ3v) is 2.51. The smallest absolute Gasteiger partial charge is 0.217 e. The van der Waals surface area contributed by atoms with Crippen LogP contribution >= 0.6 is 15.9 Å². The maximum Gasteiger partial charge on any atom is 0.217 e. The van der Waals surface area contributed by atoms with Crippen LogP contribution in [-0.4, -0.2) is 28.3 Å². The Morgan fingerprint density at radius 1 is 1.50 bits per heavy atom. The van der Waals surface area contributed by atoms with E-state index in [9.17, 15) is 0 Å². The van der Waals surface area contributed by atoms with Crippen LogP contribution in [0.4, 0.5) is 0 Å². The van der Waals surface area contributed by atoms with Gasteiger partial charge in [0.1, 0.15) is 5.82 Å². The minimum Gasteiger partial charge on any atom is -0.316 e. The molecular formula is C7H11BrN4. The molecule has 1 atom stereocenters. The van der Waals surface area contributed by atoms with E-state index in [-0.39, 0.29) is 0 Å². The van der Waals surface area contributed by atoms with Gasteiger partial charge < -0.3 is 5.32 Å². The molecule has 1 unspecified atom stereocenters. The van der Waals surface area contributed by atoms with E-state index >= 15 is 0 Å². The molecule has 0 aromatic carbocycles. The zero-order chi connectivity index (χ0) is 8.39. The zero-order valence-corrected chi connectivity index (χ0v) is 8.26. The van der Waals surface area contributed by atoms with Gasteiger partial charge in [-0.2, -0.15) is 0 Å². The fraction of sp³-hybridized carbons (Fsp3) is 0.714. The molecule has 1 aromatic heterocycles. The Morgan fingerprint density at radius 3 is 3.00 bits per heavy atom. The normalized spacial score (nSPS) is 24.2. The van der Waals surface area contributed by atoms with E-state index in [1.165, 1.54) is 12.8 Å². The van der Waals surface area contributed by atoms with E-state index in [0.29, 0.717) is 10.7 Å². The molecule has 0 amide bonds. The number of hydrogen-bond donors (Lipinski definition) is 2. The summed E-state index contributed by atoms with van der Waals surface area (Å²) in [6, 6.07) is 0.